The normalized spacial score (nSPS) is 13.3. The predicted molar refractivity (Wildman–Crippen MR) is 67.6 cm³/mol. The lowest BCUT2D eigenvalue weighted by atomic mass is 10.1. The van der Waals surface area contributed by atoms with Gasteiger partial charge in [0.05, 0.1) is 22.6 Å². The summed E-state index contributed by atoms with van der Waals surface area (Å²) in [6, 6.07) is 0.283. The lowest BCUT2D eigenvalue weighted by molar-refractivity contribution is 0.209. The zero-order chi connectivity index (χ0) is 12.6. The van der Waals surface area contributed by atoms with Crippen molar-refractivity contribution < 1.29 is 5.11 Å². The van der Waals surface area contributed by atoms with Crippen LogP contribution < -0.4 is 0 Å². The summed E-state index contributed by atoms with van der Waals surface area (Å²) in [6.45, 7) is 4.09. The molecule has 1 atom stereocenters. The lowest BCUT2D eigenvalue weighted by Crippen LogP contribution is -2.07. The molecule has 0 aliphatic rings. The molecule has 0 aliphatic heterocycles. The molecule has 2 rings (SSSR count). The zero-order valence-electron chi connectivity index (χ0n) is 10.0. The molecule has 2 aromatic rings. The van der Waals surface area contributed by atoms with Gasteiger partial charge in [0.1, 0.15) is 6.10 Å². The standard InChI is InChI=1S/C11H15BrN4O/c1-7(2)16-6-8(4-14-16)11(17)10-9(12)5-13-15(10)3/h4-7,11,17H,1-3H3. The Labute approximate surface area is 108 Å². The average Bonchev–Trinajstić information content (AvgIpc) is 2.85. The molecule has 0 bridgehead atoms. The van der Waals surface area contributed by atoms with E-state index in [9.17, 15) is 5.11 Å². The molecule has 2 heterocycles. The summed E-state index contributed by atoms with van der Waals surface area (Å²) in [4.78, 5) is 0. The van der Waals surface area contributed by atoms with Crippen molar-refractivity contribution >= 4 is 15.9 Å². The van der Waals surface area contributed by atoms with Crippen LogP contribution in [0.4, 0.5) is 0 Å². The van der Waals surface area contributed by atoms with Gasteiger partial charge in [0.15, 0.2) is 0 Å². The first kappa shape index (κ1) is 12.3. The van der Waals surface area contributed by atoms with E-state index < -0.39 is 6.10 Å². The molecule has 17 heavy (non-hydrogen) atoms. The van der Waals surface area contributed by atoms with Crippen LogP contribution in [0.2, 0.25) is 0 Å². The number of aliphatic hydroxyl groups is 1. The van der Waals surface area contributed by atoms with Crippen molar-refractivity contribution in [1.29, 1.82) is 0 Å². The fourth-order valence-electron chi connectivity index (χ4n) is 1.66. The minimum Gasteiger partial charge on any atom is -0.382 e. The molecule has 92 valence electrons. The van der Waals surface area contributed by atoms with E-state index in [0.717, 1.165) is 15.7 Å². The van der Waals surface area contributed by atoms with E-state index in [4.69, 9.17) is 0 Å². The van der Waals surface area contributed by atoms with Crippen molar-refractivity contribution in [2.45, 2.75) is 26.0 Å². The maximum atomic E-state index is 10.3. The van der Waals surface area contributed by atoms with Gasteiger partial charge >= 0.3 is 0 Å². The first-order valence-corrected chi connectivity index (χ1v) is 6.19. The molecule has 0 saturated carbocycles. The van der Waals surface area contributed by atoms with Gasteiger partial charge in [-0.2, -0.15) is 10.2 Å². The molecule has 2 aromatic heterocycles. The van der Waals surface area contributed by atoms with Crippen LogP contribution in [0.5, 0.6) is 0 Å². The Hall–Kier alpha value is -1.14. The van der Waals surface area contributed by atoms with Crippen molar-refractivity contribution in [2.24, 2.45) is 7.05 Å². The number of aliphatic hydroxyl groups excluding tert-OH is 1. The molecule has 5 nitrogen and oxygen atoms in total. The molecule has 1 N–H and O–H groups in total. The third kappa shape index (κ3) is 2.28. The van der Waals surface area contributed by atoms with Gasteiger partial charge < -0.3 is 5.11 Å². The Balaban J connectivity index is 2.33. The van der Waals surface area contributed by atoms with Crippen molar-refractivity contribution in [2.75, 3.05) is 0 Å². The number of aryl methyl sites for hydroxylation is 1. The molecular formula is C11H15BrN4O. The van der Waals surface area contributed by atoms with E-state index in [1.165, 1.54) is 0 Å². The van der Waals surface area contributed by atoms with Gasteiger partial charge in [-0.1, -0.05) is 0 Å². The average molecular weight is 299 g/mol. The maximum Gasteiger partial charge on any atom is 0.125 e. The molecule has 0 saturated heterocycles. The van der Waals surface area contributed by atoms with Gasteiger partial charge in [-0.3, -0.25) is 9.36 Å². The van der Waals surface area contributed by atoms with E-state index in [1.807, 2.05) is 24.7 Å². The Morgan fingerprint density at radius 2 is 2.00 bits per heavy atom. The highest BCUT2D eigenvalue weighted by molar-refractivity contribution is 9.10. The van der Waals surface area contributed by atoms with Crippen molar-refractivity contribution in [3.63, 3.8) is 0 Å². The van der Waals surface area contributed by atoms with Gasteiger partial charge in [0.2, 0.25) is 0 Å². The van der Waals surface area contributed by atoms with Crippen molar-refractivity contribution in [3.8, 4) is 0 Å². The molecule has 6 heteroatoms. The van der Waals surface area contributed by atoms with Crippen LogP contribution in [-0.2, 0) is 7.05 Å². The van der Waals surface area contributed by atoms with Gasteiger partial charge in [0, 0.05) is 24.8 Å². The summed E-state index contributed by atoms with van der Waals surface area (Å²) >= 11 is 3.38. The second-order valence-electron chi connectivity index (χ2n) is 4.25. The smallest absolute Gasteiger partial charge is 0.125 e. The zero-order valence-corrected chi connectivity index (χ0v) is 11.6. The van der Waals surface area contributed by atoms with E-state index in [1.54, 1.807) is 24.1 Å². The highest BCUT2D eigenvalue weighted by Crippen LogP contribution is 2.27. The molecule has 0 amide bonds. The van der Waals surface area contributed by atoms with E-state index in [-0.39, 0.29) is 6.04 Å². The molecule has 0 aromatic carbocycles. The summed E-state index contributed by atoms with van der Waals surface area (Å²) in [7, 11) is 1.80. The summed E-state index contributed by atoms with van der Waals surface area (Å²) < 4.78 is 4.27. The van der Waals surface area contributed by atoms with Crippen LogP contribution in [0.15, 0.2) is 23.1 Å². The van der Waals surface area contributed by atoms with E-state index in [0.29, 0.717) is 0 Å². The van der Waals surface area contributed by atoms with Crippen LogP contribution in [0.1, 0.15) is 37.3 Å². The quantitative estimate of drug-likeness (QED) is 0.943. The van der Waals surface area contributed by atoms with Gasteiger partial charge in [-0.05, 0) is 29.8 Å². The first-order chi connectivity index (χ1) is 8.00. The van der Waals surface area contributed by atoms with Crippen LogP contribution in [0.3, 0.4) is 0 Å². The van der Waals surface area contributed by atoms with Crippen LogP contribution >= 0.6 is 15.9 Å². The Morgan fingerprint density at radius 1 is 1.29 bits per heavy atom. The summed E-state index contributed by atoms with van der Waals surface area (Å²) in [5.74, 6) is 0. The van der Waals surface area contributed by atoms with Gasteiger partial charge in [-0.25, -0.2) is 0 Å². The third-order valence-corrected chi connectivity index (χ3v) is 3.27. The maximum absolute atomic E-state index is 10.3. The first-order valence-electron chi connectivity index (χ1n) is 5.40. The minimum atomic E-state index is -0.718. The van der Waals surface area contributed by atoms with E-state index in [2.05, 4.69) is 26.1 Å². The number of aromatic nitrogens is 4. The monoisotopic (exact) mass is 298 g/mol. The number of halogens is 1. The van der Waals surface area contributed by atoms with Gasteiger partial charge in [-0.15, -0.1) is 0 Å². The summed E-state index contributed by atoms with van der Waals surface area (Å²) in [6.07, 6.45) is 4.49. The number of hydrogen-bond acceptors (Lipinski definition) is 3. The highest BCUT2D eigenvalue weighted by atomic mass is 79.9. The third-order valence-electron chi connectivity index (χ3n) is 2.66. The molecule has 0 aliphatic carbocycles. The predicted octanol–water partition coefficient (Wildman–Crippen LogP) is 2.04. The van der Waals surface area contributed by atoms with Crippen molar-refractivity contribution in [1.82, 2.24) is 19.6 Å². The van der Waals surface area contributed by atoms with E-state index >= 15 is 0 Å². The highest BCUT2D eigenvalue weighted by Gasteiger charge is 2.19. The molecule has 0 fully saturated rings. The van der Waals surface area contributed by atoms with Crippen LogP contribution in [0, 0.1) is 0 Å². The lowest BCUT2D eigenvalue weighted by Gasteiger charge is -2.10. The van der Waals surface area contributed by atoms with Gasteiger partial charge in [0.25, 0.3) is 0 Å². The van der Waals surface area contributed by atoms with Crippen LogP contribution in [0.25, 0.3) is 0 Å². The SMILES string of the molecule is CC(C)n1cc(C(O)c2c(Br)cnn2C)cn1. The summed E-state index contributed by atoms with van der Waals surface area (Å²) in [5.41, 5.74) is 1.50. The molecule has 0 radical (unpaired) electrons. The van der Waals surface area contributed by atoms with Crippen LogP contribution in [-0.4, -0.2) is 24.7 Å². The molecule has 0 spiro atoms. The Morgan fingerprint density at radius 3 is 2.47 bits per heavy atom. The number of nitrogens with zero attached hydrogens (tertiary/aromatic N) is 4. The second-order valence-corrected chi connectivity index (χ2v) is 5.11. The largest absolute Gasteiger partial charge is 0.382 e. The second kappa shape index (κ2) is 4.62. The Bertz CT molecular complexity index is 498. The number of hydrogen-bond donors (Lipinski definition) is 1. The molecular weight excluding hydrogens is 284 g/mol. The number of rotatable bonds is 3. The Kier molecular flexibility index (Phi) is 3.35. The minimum absolute atomic E-state index is 0.283. The topological polar surface area (TPSA) is 55.9 Å². The fraction of sp³-hybridized carbons (Fsp3) is 0.455. The fourth-order valence-corrected chi connectivity index (χ4v) is 2.23. The molecule has 1 unspecified atom stereocenters. The summed E-state index contributed by atoms with van der Waals surface area (Å²) in [5, 5.41) is 18.6. The van der Waals surface area contributed by atoms with Crippen molar-refractivity contribution in [3.05, 3.63) is 34.3 Å².